The van der Waals surface area contributed by atoms with E-state index in [0.717, 1.165) is 37.9 Å². The Morgan fingerprint density at radius 1 is 1.21 bits per heavy atom. The highest BCUT2D eigenvalue weighted by Crippen LogP contribution is 2.18. The van der Waals surface area contributed by atoms with Gasteiger partial charge in [-0.3, -0.25) is 0 Å². The molecule has 1 aliphatic rings. The summed E-state index contributed by atoms with van der Waals surface area (Å²) < 4.78 is 26.4. The zero-order valence-electron chi connectivity index (χ0n) is 11.4. The van der Waals surface area contributed by atoms with Crippen LogP contribution < -0.4 is 5.32 Å². The summed E-state index contributed by atoms with van der Waals surface area (Å²) in [5.41, 5.74) is 0.848. The molecule has 1 aromatic carbocycles. The zero-order chi connectivity index (χ0) is 13.7. The van der Waals surface area contributed by atoms with Crippen molar-refractivity contribution in [2.24, 2.45) is 0 Å². The van der Waals surface area contributed by atoms with E-state index in [0.29, 0.717) is 0 Å². The van der Waals surface area contributed by atoms with Crippen molar-refractivity contribution in [2.75, 3.05) is 20.1 Å². The molecule has 1 aliphatic heterocycles. The summed E-state index contributed by atoms with van der Waals surface area (Å²) in [6.07, 6.45) is 2.87. The molecule has 1 N–H and O–H groups in total. The van der Waals surface area contributed by atoms with E-state index in [4.69, 9.17) is 0 Å². The van der Waals surface area contributed by atoms with Gasteiger partial charge >= 0.3 is 0 Å². The first kappa shape index (κ1) is 14.5. The summed E-state index contributed by atoms with van der Waals surface area (Å²) in [7, 11) is -1.51. The number of hydrogen-bond donors (Lipinski definition) is 1. The van der Waals surface area contributed by atoms with Crippen LogP contribution in [0.5, 0.6) is 0 Å². The molecule has 1 heterocycles. The van der Waals surface area contributed by atoms with Gasteiger partial charge in [-0.2, -0.15) is 0 Å². The van der Waals surface area contributed by atoms with Gasteiger partial charge in [0.05, 0.1) is 5.75 Å². The van der Waals surface area contributed by atoms with Crippen LogP contribution in [0, 0.1) is 0 Å². The first-order valence-electron chi connectivity index (χ1n) is 6.80. The first-order valence-corrected chi connectivity index (χ1v) is 8.41. The molecular weight excluding hydrogens is 260 g/mol. The SMILES string of the molecule is CN([C@@H]1CCCNCC1)S(=O)(=O)Cc1ccccc1. The maximum atomic E-state index is 12.4. The molecule has 5 heteroatoms. The van der Waals surface area contributed by atoms with Crippen molar-refractivity contribution < 1.29 is 8.42 Å². The van der Waals surface area contributed by atoms with Crippen molar-refractivity contribution in [2.45, 2.75) is 31.1 Å². The number of benzene rings is 1. The standard InChI is InChI=1S/C14H22N2O2S/c1-16(14-8-5-10-15-11-9-14)19(17,18)12-13-6-3-2-4-7-13/h2-4,6-7,14-15H,5,8-12H2,1H3/t14-/m1/s1. The Kier molecular flexibility index (Phi) is 4.96. The third kappa shape index (κ3) is 4.03. The number of sulfonamides is 1. The Morgan fingerprint density at radius 3 is 2.68 bits per heavy atom. The van der Waals surface area contributed by atoms with Crippen LogP contribution in [0.25, 0.3) is 0 Å². The lowest BCUT2D eigenvalue weighted by atomic mass is 10.1. The molecule has 1 atom stereocenters. The molecule has 0 radical (unpaired) electrons. The van der Waals surface area contributed by atoms with Crippen LogP contribution in [0.3, 0.4) is 0 Å². The Labute approximate surface area is 115 Å². The van der Waals surface area contributed by atoms with Crippen molar-refractivity contribution in [1.29, 1.82) is 0 Å². The number of hydrogen-bond acceptors (Lipinski definition) is 3. The first-order chi connectivity index (χ1) is 9.09. The number of rotatable bonds is 4. The molecular formula is C14H22N2O2S. The number of nitrogens with one attached hydrogen (secondary N) is 1. The maximum Gasteiger partial charge on any atom is 0.218 e. The molecule has 1 fully saturated rings. The zero-order valence-corrected chi connectivity index (χ0v) is 12.2. The Bertz CT molecular complexity index is 479. The normalized spacial score (nSPS) is 21.3. The van der Waals surface area contributed by atoms with Gasteiger partial charge in [0.1, 0.15) is 0 Å². The van der Waals surface area contributed by atoms with Gasteiger partial charge in [0.2, 0.25) is 10.0 Å². The molecule has 0 amide bonds. The lowest BCUT2D eigenvalue weighted by Gasteiger charge is -2.26. The largest absolute Gasteiger partial charge is 0.317 e. The van der Waals surface area contributed by atoms with Crippen molar-refractivity contribution in [3.63, 3.8) is 0 Å². The second-order valence-electron chi connectivity index (χ2n) is 5.09. The molecule has 0 saturated carbocycles. The molecule has 2 rings (SSSR count). The Hall–Kier alpha value is -0.910. The van der Waals surface area contributed by atoms with Crippen molar-refractivity contribution in [3.05, 3.63) is 35.9 Å². The van der Waals surface area contributed by atoms with Gasteiger partial charge in [-0.05, 0) is 37.9 Å². The second kappa shape index (κ2) is 6.50. The van der Waals surface area contributed by atoms with E-state index in [9.17, 15) is 8.42 Å². The summed E-state index contributed by atoms with van der Waals surface area (Å²) in [5, 5.41) is 3.31. The Balaban J connectivity index is 2.05. The fourth-order valence-corrected chi connectivity index (χ4v) is 3.96. The third-order valence-electron chi connectivity index (χ3n) is 3.69. The molecule has 19 heavy (non-hydrogen) atoms. The highest BCUT2D eigenvalue weighted by molar-refractivity contribution is 7.88. The minimum absolute atomic E-state index is 0.0915. The predicted molar refractivity (Wildman–Crippen MR) is 77.3 cm³/mol. The molecule has 0 unspecified atom stereocenters. The van der Waals surface area contributed by atoms with Crippen LogP contribution in [0.4, 0.5) is 0 Å². The van der Waals surface area contributed by atoms with Crippen LogP contribution >= 0.6 is 0 Å². The van der Waals surface area contributed by atoms with Crippen LogP contribution in [0.2, 0.25) is 0 Å². The van der Waals surface area contributed by atoms with E-state index in [1.807, 2.05) is 30.3 Å². The molecule has 0 aromatic heterocycles. The van der Waals surface area contributed by atoms with Crippen LogP contribution in [-0.4, -0.2) is 38.9 Å². The molecule has 0 spiro atoms. The number of nitrogens with zero attached hydrogens (tertiary/aromatic N) is 1. The summed E-state index contributed by atoms with van der Waals surface area (Å²) in [6, 6.07) is 9.50. The lowest BCUT2D eigenvalue weighted by molar-refractivity contribution is 0.341. The monoisotopic (exact) mass is 282 g/mol. The van der Waals surface area contributed by atoms with Crippen molar-refractivity contribution in [1.82, 2.24) is 9.62 Å². The van der Waals surface area contributed by atoms with Crippen LogP contribution in [0.1, 0.15) is 24.8 Å². The fraction of sp³-hybridized carbons (Fsp3) is 0.571. The summed E-state index contributed by atoms with van der Waals surface area (Å²) in [6.45, 7) is 1.89. The minimum atomic E-state index is -3.22. The van der Waals surface area contributed by atoms with Gasteiger partial charge in [-0.1, -0.05) is 30.3 Å². The van der Waals surface area contributed by atoms with E-state index in [1.54, 1.807) is 11.4 Å². The van der Waals surface area contributed by atoms with Crippen molar-refractivity contribution >= 4 is 10.0 Å². The fourth-order valence-electron chi connectivity index (χ4n) is 2.48. The van der Waals surface area contributed by atoms with E-state index in [1.165, 1.54) is 0 Å². The second-order valence-corrected chi connectivity index (χ2v) is 7.12. The van der Waals surface area contributed by atoms with E-state index >= 15 is 0 Å². The molecule has 0 bridgehead atoms. The Morgan fingerprint density at radius 2 is 1.95 bits per heavy atom. The smallest absolute Gasteiger partial charge is 0.218 e. The molecule has 106 valence electrons. The summed E-state index contributed by atoms with van der Waals surface area (Å²) in [5.74, 6) is 0.0915. The van der Waals surface area contributed by atoms with Gasteiger partial charge in [0, 0.05) is 13.1 Å². The summed E-state index contributed by atoms with van der Waals surface area (Å²) in [4.78, 5) is 0. The van der Waals surface area contributed by atoms with Gasteiger partial charge in [-0.15, -0.1) is 0 Å². The van der Waals surface area contributed by atoms with Gasteiger partial charge in [0.25, 0.3) is 0 Å². The maximum absolute atomic E-state index is 12.4. The average Bonchev–Trinajstić information content (AvgIpc) is 2.67. The highest BCUT2D eigenvalue weighted by atomic mass is 32.2. The third-order valence-corrected chi connectivity index (χ3v) is 5.56. The van der Waals surface area contributed by atoms with Crippen LogP contribution in [0.15, 0.2) is 30.3 Å². The van der Waals surface area contributed by atoms with E-state index < -0.39 is 10.0 Å². The van der Waals surface area contributed by atoms with Crippen molar-refractivity contribution in [3.8, 4) is 0 Å². The molecule has 1 aromatic rings. The van der Waals surface area contributed by atoms with E-state index in [-0.39, 0.29) is 11.8 Å². The van der Waals surface area contributed by atoms with E-state index in [2.05, 4.69) is 5.32 Å². The average molecular weight is 282 g/mol. The highest BCUT2D eigenvalue weighted by Gasteiger charge is 2.26. The quantitative estimate of drug-likeness (QED) is 0.912. The van der Waals surface area contributed by atoms with Gasteiger partial charge < -0.3 is 5.32 Å². The predicted octanol–water partition coefficient (Wildman–Crippen LogP) is 1.59. The lowest BCUT2D eigenvalue weighted by Crippen LogP contribution is -2.38. The molecule has 4 nitrogen and oxygen atoms in total. The molecule has 1 saturated heterocycles. The minimum Gasteiger partial charge on any atom is -0.317 e. The molecule has 0 aliphatic carbocycles. The van der Waals surface area contributed by atoms with Gasteiger partial charge in [-0.25, -0.2) is 12.7 Å². The van der Waals surface area contributed by atoms with Gasteiger partial charge in [0.15, 0.2) is 0 Å². The van der Waals surface area contributed by atoms with Crippen LogP contribution in [-0.2, 0) is 15.8 Å². The summed E-state index contributed by atoms with van der Waals surface area (Å²) >= 11 is 0. The topological polar surface area (TPSA) is 49.4 Å².